The summed E-state index contributed by atoms with van der Waals surface area (Å²) in [6.45, 7) is 16.9. The fourth-order valence-corrected chi connectivity index (χ4v) is 3.44. The van der Waals surface area contributed by atoms with Crippen molar-refractivity contribution < 1.29 is 19.6 Å². The van der Waals surface area contributed by atoms with E-state index in [0.717, 1.165) is 38.5 Å². The first-order valence-electron chi connectivity index (χ1n) is 9.79. The molecule has 1 aliphatic rings. The Hall–Kier alpha value is -0.160. The van der Waals surface area contributed by atoms with Crippen LogP contribution in [0.5, 0.6) is 0 Å². The minimum absolute atomic E-state index is 0.226. The van der Waals surface area contributed by atoms with E-state index in [4.69, 9.17) is 19.6 Å². The van der Waals surface area contributed by atoms with Gasteiger partial charge in [-0.25, -0.2) is 9.78 Å². The van der Waals surface area contributed by atoms with Crippen LogP contribution in [0.4, 0.5) is 0 Å². The molecular formula is C20H40O4. The third-order valence-electron chi connectivity index (χ3n) is 5.00. The Morgan fingerprint density at radius 1 is 0.833 bits per heavy atom. The average Bonchev–Trinajstić information content (AvgIpc) is 2.47. The Labute approximate surface area is 149 Å². The van der Waals surface area contributed by atoms with Crippen LogP contribution in [-0.2, 0) is 19.6 Å². The molecule has 0 saturated heterocycles. The molecule has 0 aromatic rings. The van der Waals surface area contributed by atoms with Crippen molar-refractivity contribution in [2.45, 2.75) is 117 Å². The van der Waals surface area contributed by atoms with E-state index in [1.54, 1.807) is 0 Å². The molecule has 4 nitrogen and oxygen atoms in total. The zero-order valence-corrected chi connectivity index (χ0v) is 17.2. The highest BCUT2D eigenvalue weighted by atomic mass is 17.3. The predicted octanol–water partition coefficient (Wildman–Crippen LogP) is 6.19. The van der Waals surface area contributed by atoms with Gasteiger partial charge in [-0.3, -0.25) is 0 Å². The summed E-state index contributed by atoms with van der Waals surface area (Å²) in [7, 11) is 0. The van der Waals surface area contributed by atoms with Crippen molar-refractivity contribution in [3.05, 3.63) is 0 Å². The third-order valence-corrected chi connectivity index (χ3v) is 5.00. The van der Waals surface area contributed by atoms with Gasteiger partial charge in [-0.05, 0) is 52.9 Å². The molecule has 2 atom stereocenters. The molecule has 1 saturated carbocycles. The monoisotopic (exact) mass is 344 g/mol. The molecule has 0 aliphatic heterocycles. The van der Waals surface area contributed by atoms with Gasteiger partial charge < -0.3 is 0 Å². The highest BCUT2D eigenvalue weighted by Gasteiger charge is 2.48. The summed E-state index contributed by atoms with van der Waals surface area (Å²) in [5, 5.41) is 0. The Kier molecular flexibility index (Phi) is 8.18. The zero-order valence-electron chi connectivity index (χ0n) is 17.2. The Morgan fingerprint density at radius 2 is 1.29 bits per heavy atom. The average molecular weight is 345 g/mol. The molecule has 0 heterocycles. The molecule has 0 spiro atoms. The maximum absolute atomic E-state index is 6.00. The standard InChI is InChI=1S/C20H40O4/c1-9-13-18(5,6)21-23-20(15-16(3)11-12-17(20)4)24-22-19(7,8)14-10-2/h16-17H,9-15H2,1-8H3. The van der Waals surface area contributed by atoms with Crippen molar-refractivity contribution in [1.29, 1.82) is 0 Å². The van der Waals surface area contributed by atoms with Gasteiger partial charge in [0.2, 0.25) is 5.79 Å². The van der Waals surface area contributed by atoms with E-state index in [0.29, 0.717) is 5.92 Å². The minimum atomic E-state index is -0.826. The predicted molar refractivity (Wildman–Crippen MR) is 97.2 cm³/mol. The van der Waals surface area contributed by atoms with Gasteiger partial charge in [-0.15, -0.1) is 0 Å². The first-order chi connectivity index (χ1) is 11.1. The first kappa shape index (κ1) is 21.9. The lowest BCUT2D eigenvalue weighted by molar-refractivity contribution is -0.559. The van der Waals surface area contributed by atoms with Crippen molar-refractivity contribution in [2.75, 3.05) is 0 Å². The van der Waals surface area contributed by atoms with E-state index in [1.165, 1.54) is 6.42 Å². The van der Waals surface area contributed by atoms with Gasteiger partial charge >= 0.3 is 0 Å². The highest BCUT2D eigenvalue weighted by molar-refractivity contribution is 4.84. The van der Waals surface area contributed by atoms with E-state index in [-0.39, 0.29) is 17.1 Å². The van der Waals surface area contributed by atoms with Crippen LogP contribution >= 0.6 is 0 Å². The van der Waals surface area contributed by atoms with Crippen LogP contribution in [0.25, 0.3) is 0 Å². The fraction of sp³-hybridized carbons (Fsp3) is 1.00. The molecule has 0 N–H and O–H groups in total. The van der Waals surface area contributed by atoms with Crippen LogP contribution in [0, 0.1) is 11.8 Å². The molecule has 0 aromatic carbocycles. The second-order valence-corrected chi connectivity index (χ2v) is 8.95. The van der Waals surface area contributed by atoms with Gasteiger partial charge in [0.15, 0.2) is 0 Å². The molecule has 0 amide bonds. The van der Waals surface area contributed by atoms with Gasteiger partial charge in [0.05, 0.1) is 11.2 Å². The Morgan fingerprint density at radius 3 is 1.71 bits per heavy atom. The van der Waals surface area contributed by atoms with Crippen LogP contribution in [0.3, 0.4) is 0 Å². The largest absolute Gasteiger partial charge is 0.236 e. The quantitative estimate of drug-likeness (QED) is 0.269. The van der Waals surface area contributed by atoms with Gasteiger partial charge in [-0.2, -0.15) is 9.78 Å². The third kappa shape index (κ3) is 6.62. The van der Waals surface area contributed by atoms with Crippen LogP contribution in [0.15, 0.2) is 0 Å². The van der Waals surface area contributed by atoms with E-state index >= 15 is 0 Å². The summed E-state index contributed by atoms with van der Waals surface area (Å²) in [5.41, 5.74) is -0.658. The summed E-state index contributed by atoms with van der Waals surface area (Å²) in [6.07, 6.45) is 7.01. The van der Waals surface area contributed by atoms with Crippen molar-refractivity contribution in [3.63, 3.8) is 0 Å². The van der Waals surface area contributed by atoms with Crippen molar-refractivity contribution in [1.82, 2.24) is 0 Å². The number of rotatable bonds is 10. The molecule has 1 rings (SSSR count). The lowest BCUT2D eigenvalue weighted by Gasteiger charge is -2.44. The summed E-state index contributed by atoms with van der Waals surface area (Å²) in [6, 6.07) is 0. The molecule has 4 heteroatoms. The van der Waals surface area contributed by atoms with Crippen LogP contribution in [0.1, 0.15) is 100 Å². The molecule has 0 radical (unpaired) electrons. The lowest BCUT2D eigenvalue weighted by Crippen LogP contribution is -2.49. The SMILES string of the molecule is CCCC(C)(C)OOC1(OOC(C)(C)CCC)CC(C)CCC1C. The molecule has 24 heavy (non-hydrogen) atoms. The van der Waals surface area contributed by atoms with Crippen molar-refractivity contribution >= 4 is 0 Å². The summed E-state index contributed by atoms with van der Waals surface area (Å²) in [4.78, 5) is 23.7. The molecule has 144 valence electrons. The lowest BCUT2D eigenvalue weighted by atomic mass is 9.79. The Balaban J connectivity index is 2.83. The smallest absolute Gasteiger partial charge is 0.228 e. The van der Waals surface area contributed by atoms with E-state index in [2.05, 4.69) is 55.4 Å². The van der Waals surface area contributed by atoms with Gasteiger partial charge in [0, 0.05) is 12.3 Å². The van der Waals surface area contributed by atoms with Crippen molar-refractivity contribution in [2.24, 2.45) is 11.8 Å². The van der Waals surface area contributed by atoms with E-state index in [1.807, 2.05) is 0 Å². The molecule has 0 aromatic heterocycles. The minimum Gasteiger partial charge on any atom is -0.228 e. The highest BCUT2D eigenvalue weighted by Crippen LogP contribution is 2.42. The fourth-order valence-electron chi connectivity index (χ4n) is 3.44. The number of hydrogen-bond donors (Lipinski definition) is 0. The summed E-state index contributed by atoms with van der Waals surface area (Å²) >= 11 is 0. The molecular weight excluding hydrogens is 304 g/mol. The van der Waals surface area contributed by atoms with Crippen LogP contribution in [0.2, 0.25) is 0 Å². The topological polar surface area (TPSA) is 36.9 Å². The van der Waals surface area contributed by atoms with Gasteiger partial charge in [-0.1, -0.05) is 47.0 Å². The first-order valence-corrected chi connectivity index (χ1v) is 9.79. The normalized spacial score (nSPS) is 25.0. The molecule has 1 fully saturated rings. The van der Waals surface area contributed by atoms with Crippen LogP contribution in [-0.4, -0.2) is 17.0 Å². The second-order valence-electron chi connectivity index (χ2n) is 8.95. The van der Waals surface area contributed by atoms with Crippen molar-refractivity contribution in [3.8, 4) is 0 Å². The molecule has 1 aliphatic carbocycles. The maximum atomic E-state index is 6.00. The molecule has 2 unspecified atom stereocenters. The second kappa shape index (κ2) is 8.98. The summed E-state index contributed by atoms with van der Waals surface area (Å²) in [5.74, 6) is -0.0752. The summed E-state index contributed by atoms with van der Waals surface area (Å²) < 4.78 is 0. The van der Waals surface area contributed by atoms with Gasteiger partial charge in [0.25, 0.3) is 0 Å². The van der Waals surface area contributed by atoms with Crippen LogP contribution < -0.4 is 0 Å². The van der Waals surface area contributed by atoms with E-state index < -0.39 is 5.79 Å². The van der Waals surface area contributed by atoms with Gasteiger partial charge in [0.1, 0.15) is 0 Å². The maximum Gasteiger partial charge on any atom is 0.236 e. The number of hydrogen-bond acceptors (Lipinski definition) is 4. The Bertz CT molecular complexity index is 343. The van der Waals surface area contributed by atoms with E-state index in [9.17, 15) is 0 Å². The molecule has 0 bridgehead atoms. The zero-order chi connectivity index (χ0) is 18.4.